The molecule has 0 unspecified atom stereocenters. The molecular formula is C25H23N5O4S2. The zero-order valence-corrected chi connectivity index (χ0v) is 21.3. The van der Waals surface area contributed by atoms with Gasteiger partial charge in [-0.25, -0.2) is 13.3 Å². The minimum atomic E-state index is -3.70. The summed E-state index contributed by atoms with van der Waals surface area (Å²) in [5.74, 6) is -0.250. The van der Waals surface area contributed by atoms with Gasteiger partial charge in [0.05, 0.1) is 29.8 Å². The van der Waals surface area contributed by atoms with Gasteiger partial charge in [-0.15, -0.1) is 0 Å². The normalized spacial score (nSPS) is 16.9. The van der Waals surface area contributed by atoms with Crippen molar-refractivity contribution >= 4 is 60.8 Å². The Bertz CT molecular complexity index is 1580. The first-order valence-electron chi connectivity index (χ1n) is 11.3. The van der Waals surface area contributed by atoms with Crippen LogP contribution in [0.2, 0.25) is 0 Å². The minimum absolute atomic E-state index is 0.000869. The second-order valence-corrected chi connectivity index (χ2v) is 11.2. The quantitative estimate of drug-likeness (QED) is 0.387. The SMILES string of the molecule is CCS(=O)(=O)C1=NSC2=NC(=O)/C(=C\c3cn(CCOc4ccc(C)cc4)c4ccccc34)C(=N)N21. The maximum absolute atomic E-state index is 12.8. The summed E-state index contributed by atoms with van der Waals surface area (Å²) < 4.78 is 36.9. The molecule has 0 saturated heterocycles. The summed E-state index contributed by atoms with van der Waals surface area (Å²) in [6, 6.07) is 15.6. The number of hydrogen-bond donors (Lipinski definition) is 1. The molecule has 36 heavy (non-hydrogen) atoms. The fourth-order valence-corrected chi connectivity index (χ4v) is 5.92. The average Bonchev–Trinajstić information content (AvgIpc) is 3.45. The Kier molecular flexibility index (Phi) is 6.27. The van der Waals surface area contributed by atoms with Crippen molar-refractivity contribution in [2.45, 2.75) is 20.4 Å². The highest BCUT2D eigenvalue weighted by atomic mass is 32.2. The fraction of sp³-hybridized carbons (Fsp3) is 0.200. The first-order valence-corrected chi connectivity index (χ1v) is 13.7. The molecule has 2 aliphatic rings. The molecule has 1 amide bonds. The number of aliphatic imine (C=N–C) groups is 1. The molecule has 2 aromatic carbocycles. The van der Waals surface area contributed by atoms with E-state index in [0.29, 0.717) is 13.2 Å². The molecule has 2 aliphatic heterocycles. The standard InChI is InChI=1S/C25H23N5O4S2/c1-3-36(32,33)25-28-35-24-27-23(31)20(22(26)30(24)25)14-17-15-29(21-7-5-4-6-19(17)21)12-13-34-18-10-8-16(2)9-11-18/h4-11,14-15,26H,3,12-13H2,1-2H3/b20-14-,26-22?. The van der Waals surface area contributed by atoms with Crippen LogP contribution in [0, 0.1) is 12.3 Å². The largest absolute Gasteiger partial charge is 0.492 e. The first kappa shape index (κ1) is 24.0. The second-order valence-electron chi connectivity index (χ2n) is 8.27. The van der Waals surface area contributed by atoms with Crippen LogP contribution < -0.4 is 4.74 Å². The maximum Gasteiger partial charge on any atom is 0.283 e. The molecule has 5 rings (SSSR count). The van der Waals surface area contributed by atoms with Crippen molar-refractivity contribution in [2.75, 3.05) is 12.4 Å². The molecule has 9 nitrogen and oxygen atoms in total. The number of nitrogens with one attached hydrogen (secondary N) is 1. The molecule has 0 fully saturated rings. The van der Waals surface area contributed by atoms with Gasteiger partial charge in [0.25, 0.3) is 5.91 Å². The van der Waals surface area contributed by atoms with Gasteiger partial charge in [-0.1, -0.05) is 42.8 Å². The van der Waals surface area contributed by atoms with E-state index < -0.39 is 15.7 Å². The van der Waals surface area contributed by atoms with Gasteiger partial charge in [-0.3, -0.25) is 10.2 Å². The molecule has 0 radical (unpaired) electrons. The number of fused-ring (bicyclic) bond motifs is 2. The molecule has 0 spiro atoms. The lowest BCUT2D eigenvalue weighted by molar-refractivity contribution is -0.114. The van der Waals surface area contributed by atoms with Crippen LogP contribution in [0.15, 0.2) is 69.7 Å². The van der Waals surface area contributed by atoms with Crippen LogP contribution in [0.5, 0.6) is 5.75 Å². The van der Waals surface area contributed by atoms with E-state index in [9.17, 15) is 13.2 Å². The number of benzene rings is 2. The number of aromatic nitrogens is 1. The Morgan fingerprint density at radius 1 is 1.14 bits per heavy atom. The van der Waals surface area contributed by atoms with Crippen molar-refractivity contribution in [1.29, 1.82) is 5.41 Å². The maximum atomic E-state index is 12.8. The minimum Gasteiger partial charge on any atom is -0.492 e. The molecule has 3 heterocycles. The highest BCUT2D eigenvalue weighted by molar-refractivity contribution is 8.16. The van der Waals surface area contributed by atoms with Gasteiger partial charge in [-0.2, -0.15) is 9.39 Å². The number of rotatable bonds is 6. The molecule has 1 aromatic heterocycles. The summed E-state index contributed by atoms with van der Waals surface area (Å²) in [6.45, 7) is 4.54. The van der Waals surface area contributed by atoms with Crippen LogP contribution in [0.1, 0.15) is 18.1 Å². The van der Waals surface area contributed by atoms with Gasteiger partial charge < -0.3 is 9.30 Å². The highest BCUT2D eigenvalue weighted by Gasteiger charge is 2.42. The number of hydrogen-bond acceptors (Lipinski definition) is 7. The number of aryl methyl sites for hydroxylation is 1. The van der Waals surface area contributed by atoms with Crippen LogP contribution in [0.4, 0.5) is 0 Å². The van der Waals surface area contributed by atoms with Crippen molar-refractivity contribution in [3.05, 3.63) is 71.4 Å². The number of sulfone groups is 1. The van der Waals surface area contributed by atoms with Gasteiger partial charge >= 0.3 is 0 Å². The molecule has 0 aliphatic carbocycles. The second kappa shape index (κ2) is 9.40. The lowest BCUT2D eigenvalue weighted by Gasteiger charge is -2.24. The van der Waals surface area contributed by atoms with E-state index >= 15 is 0 Å². The Labute approximate surface area is 212 Å². The number of amidine groups is 3. The smallest absolute Gasteiger partial charge is 0.283 e. The molecule has 11 heteroatoms. The number of ether oxygens (including phenoxy) is 1. The summed E-state index contributed by atoms with van der Waals surface area (Å²) in [6.07, 6.45) is 3.48. The van der Waals surface area contributed by atoms with Crippen molar-refractivity contribution in [3.8, 4) is 5.75 Å². The van der Waals surface area contributed by atoms with Gasteiger partial charge in [0.2, 0.25) is 20.2 Å². The zero-order valence-electron chi connectivity index (χ0n) is 19.6. The van der Waals surface area contributed by atoms with Gasteiger partial charge in [0.1, 0.15) is 18.2 Å². The summed E-state index contributed by atoms with van der Waals surface area (Å²) in [4.78, 5) is 17.9. The van der Waals surface area contributed by atoms with Crippen molar-refractivity contribution in [2.24, 2.45) is 9.39 Å². The molecule has 3 aromatic rings. The topological polar surface area (TPSA) is 117 Å². The third-order valence-corrected chi connectivity index (χ3v) is 8.30. The molecule has 0 saturated carbocycles. The van der Waals surface area contributed by atoms with Gasteiger partial charge in [0, 0.05) is 22.7 Å². The Morgan fingerprint density at radius 2 is 1.89 bits per heavy atom. The highest BCUT2D eigenvalue weighted by Crippen LogP contribution is 2.31. The van der Waals surface area contributed by atoms with Crippen LogP contribution in [-0.4, -0.2) is 52.3 Å². The Hall–Kier alpha value is -3.70. The summed E-state index contributed by atoms with van der Waals surface area (Å²) >= 11 is 0.785. The van der Waals surface area contributed by atoms with E-state index in [0.717, 1.165) is 44.6 Å². The molecule has 1 N–H and O–H groups in total. The third kappa shape index (κ3) is 4.35. The van der Waals surface area contributed by atoms with Crippen molar-refractivity contribution in [1.82, 2.24) is 9.47 Å². The summed E-state index contributed by atoms with van der Waals surface area (Å²) in [5, 5.41) is 9.34. The van der Waals surface area contributed by atoms with E-state index in [1.807, 2.05) is 66.2 Å². The molecule has 0 atom stereocenters. The number of amides is 1. The first-order chi connectivity index (χ1) is 17.3. The molecule has 0 bridgehead atoms. The van der Waals surface area contributed by atoms with Gasteiger partial charge in [0.15, 0.2) is 0 Å². The lowest BCUT2D eigenvalue weighted by atomic mass is 10.1. The Balaban J connectivity index is 1.45. The molecule has 184 valence electrons. The number of nitrogens with zero attached hydrogens (tertiary/aromatic N) is 4. The van der Waals surface area contributed by atoms with Crippen molar-refractivity contribution < 1.29 is 17.9 Å². The van der Waals surface area contributed by atoms with Crippen LogP contribution in [-0.2, 0) is 21.2 Å². The van der Waals surface area contributed by atoms with E-state index in [1.165, 1.54) is 6.92 Å². The summed E-state index contributed by atoms with van der Waals surface area (Å²) in [5.41, 5.74) is 2.83. The third-order valence-electron chi connectivity index (χ3n) is 5.89. The average molecular weight is 522 g/mol. The number of carbonyl (C=O) groups is 1. The monoisotopic (exact) mass is 521 g/mol. The summed E-state index contributed by atoms with van der Waals surface area (Å²) in [7, 11) is -3.70. The molecular weight excluding hydrogens is 498 g/mol. The predicted molar refractivity (Wildman–Crippen MR) is 143 cm³/mol. The van der Waals surface area contributed by atoms with Gasteiger partial charge in [-0.05, 0) is 31.2 Å². The predicted octanol–water partition coefficient (Wildman–Crippen LogP) is 4.04. The number of carbonyl (C=O) groups excluding carboxylic acids is 1. The van der Waals surface area contributed by atoms with E-state index in [1.54, 1.807) is 6.08 Å². The van der Waals surface area contributed by atoms with E-state index in [2.05, 4.69) is 9.39 Å². The zero-order chi connectivity index (χ0) is 25.4. The van der Waals surface area contributed by atoms with Crippen molar-refractivity contribution in [3.63, 3.8) is 0 Å². The number of para-hydroxylation sites is 1. The van der Waals surface area contributed by atoms with Crippen LogP contribution in [0.3, 0.4) is 0 Å². The fourth-order valence-electron chi connectivity index (χ4n) is 3.96. The van der Waals surface area contributed by atoms with Crippen LogP contribution >= 0.6 is 11.9 Å². The van der Waals surface area contributed by atoms with E-state index in [4.69, 9.17) is 10.1 Å². The van der Waals surface area contributed by atoms with E-state index in [-0.39, 0.29) is 27.5 Å². The Morgan fingerprint density at radius 3 is 2.64 bits per heavy atom. The van der Waals surface area contributed by atoms with Crippen LogP contribution in [0.25, 0.3) is 17.0 Å². The lowest BCUT2D eigenvalue weighted by Crippen LogP contribution is -2.45.